The zero-order valence-electron chi connectivity index (χ0n) is 22.8. The van der Waals surface area contributed by atoms with Crippen molar-refractivity contribution in [3.8, 4) is 5.75 Å². The number of halogens is 1. The van der Waals surface area contributed by atoms with Crippen LogP contribution in [0.2, 0.25) is 0 Å². The quantitative estimate of drug-likeness (QED) is 0.370. The maximum absolute atomic E-state index is 13.4. The molecule has 4 rings (SSSR count). The van der Waals surface area contributed by atoms with E-state index in [1.165, 1.54) is 30.2 Å². The molecule has 0 saturated heterocycles. The van der Waals surface area contributed by atoms with Crippen molar-refractivity contribution in [2.24, 2.45) is 5.92 Å². The third-order valence-electron chi connectivity index (χ3n) is 6.86. The second-order valence-electron chi connectivity index (χ2n) is 10.0. The van der Waals surface area contributed by atoms with Crippen molar-refractivity contribution in [2.45, 2.75) is 43.9 Å². The van der Waals surface area contributed by atoms with Gasteiger partial charge in [-0.1, -0.05) is 6.92 Å². The standard InChI is InChI=1S/C26H32FN7O6S/c1-17-12-34(18(2)15-35)26(37)11-19-10-21(29-25(36)14-33-16-28-30-31-33)6-9-23(19)40-24(17)13-32(3)41(38,39)22-7-4-20(27)5-8-22/h4-10,16-18,24,35H,11-15H2,1-3H3,(H,29,36)/t17-,18-,24+/m0/s1. The maximum atomic E-state index is 13.4. The van der Waals surface area contributed by atoms with Crippen molar-refractivity contribution in [3.63, 3.8) is 0 Å². The minimum atomic E-state index is -3.97. The van der Waals surface area contributed by atoms with Crippen LogP contribution in [0.25, 0.3) is 0 Å². The fourth-order valence-corrected chi connectivity index (χ4v) is 5.65. The summed E-state index contributed by atoms with van der Waals surface area (Å²) in [4.78, 5) is 27.3. The minimum absolute atomic E-state index is 0.0646. The number of hydrogen-bond acceptors (Lipinski definition) is 9. The van der Waals surface area contributed by atoms with Gasteiger partial charge in [0, 0.05) is 30.8 Å². The van der Waals surface area contributed by atoms with Crippen molar-refractivity contribution in [3.05, 3.63) is 60.2 Å². The lowest BCUT2D eigenvalue weighted by molar-refractivity contribution is -0.134. The van der Waals surface area contributed by atoms with Crippen LogP contribution in [0.1, 0.15) is 19.4 Å². The number of ether oxygens (including phenoxy) is 1. The summed E-state index contributed by atoms with van der Waals surface area (Å²) in [5.41, 5.74) is 0.897. The highest BCUT2D eigenvalue weighted by Crippen LogP contribution is 2.30. The zero-order chi connectivity index (χ0) is 29.7. The first-order valence-electron chi connectivity index (χ1n) is 12.9. The van der Waals surface area contributed by atoms with Gasteiger partial charge < -0.3 is 20.1 Å². The van der Waals surface area contributed by atoms with E-state index in [0.29, 0.717) is 17.0 Å². The molecular formula is C26H32FN7O6S. The lowest BCUT2D eigenvalue weighted by atomic mass is 10.0. The Morgan fingerprint density at radius 3 is 2.66 bits per heavy atom. The Morgan fingerprint density at radius 2 is 2.00 bits per heavy atom. The molecule has 2 heterocycles. The average Bonchev–Trinajstić information content (AvgIpc) is 3.45. The monoisotopic (exact) mass is 589 g/mol. The number of carbonyl (C=O) groups excluding carboxylic acids is 2. The lowest BCUT2D eigenvalue weighted by Crippen LogP contribution is -2.48. The first kappa shape index (κ1) is 30.0. The number of anilines is 1. The molecule has 2 amide bonds. The summed E-state index contributed by atoms with van der Waals surface area (Å²) in [6, 6.07) is 8.92. The van der Waals surface area contributed by atoms with E-state index in [1.54, 1.807) is 30.0 Å². The van der Waals surface area contributed by atoms with E-state index in [4.69, 9.17) is 4.74 Å². The topological polar surface area (TPSA) is 160 Å². The number of benzene rings is 2. The van der Waals surface area contributed by atoms with Crippen LogP contribution in [0.5, 0.6) is 5.75 Å². The van der Waals surface area contributed by atoms with Gasteiger partial charge in [-0.3, -0.25) is 9.59 Å². The summed E-state index contributed by atoms with van der Waals surface area (Å²) < 4.78 is 48.6. The number of aliphatic hydroxyl groups excluding tert-OH is 1. The van der Waals surface area contributed by atoms with E-state index >= 15 is 0 Å². The summed E-state index contributed by atoms with van der Waals surface area (Å²) in [6.45, 7) is 3.32. The molecule has 0 aliphatic carbocycles. The van der Waals surface area contributed by atoms with Crippen LogP contribution in [-0.2, 0) is 32.6 Å². The second kappa shape index (κ2) is 12.7. The van der Waals surface area contributed by atoms with E-state index in [0.717, 1.165) is 16.4 Å². The number of aromatic nitrogens is 4. The molecule has 220 valence electrons. The molecule has 0 saturated carbocycles. The Balaban J connectivity index is 1.62. The van der Waals surface area contributed by atoms with Crippen LogP contribution in [0.4, 0.5) is 10.1 Å². The highest BCUT2D eigenvalue weighted by molar-refractivity contribution is 7.89. The summed E-state index contributed by atoms with van der Waals surface area (Å²) >= 11 is 0. The molecule has 3 atom stereocenters. The molecule has 15 heteroatoms. The van der Waals surface area contributed by atoms with Crippen LogP contribution in [0.15, 0.2) is 53.7 Å². The van der Waals surface area contributed by atoms with Gasteiger partial charge in [-0.15, -0.1) is 5.10 Å². The van der Waals surface area contributed by atoms with Crippen LogP contribution >= 0.6 is 0 Å². The fraction of sp³-hybridized carbons (Fsp3) is 0.423. The molecule has 0 bridgehead atoms. The van der Waals surface area contributed by atoms with Gasteiger partial charge in [-0.05, 0) is 59.8 Å². The van der Waals surface area contributed by atoms with E-state index in [9.17, 15) is 27.5 Å². The van der Waals surface area contributed by atoms with Crippen molar-refractivity contribution in [2.75, 3.05) is 32.1 Å². The molecule has 1 aliphatic rings. The number of nitrogens with one attached hydrogen (secondary N) is 1. The number of amides is 2. The SMILES string of the molecule is C[C@H]1CN([C@@H](C)CO)C(=O)Cc2cc(NC(=O)Cn3cnnn3)ccc2O[C@@H]1CN(C)S(=O)(=O)c1ccc(F)cc1. The van der Waals surface area contributed by atoms with Crippen LogP contribution in [0.3, 0.4) is 0 Å². The van der Waals surface area contributed by atoms with Gasteiger partial charge in [0.05, 0.1) is 30.5 Å². The van der Waals surface area contributed by atoms with E-state index in [1.807, 2.05) is 6.92 Å². The predicted molar refractivity (Wildman–Crippen MR) is 145 cm³/mol. The Kier molecular flexibility index (Phi) is 9.30. The van der Waals surface area contributed by atoms with Crippen molar-refractivity contribution in [1.29, 1.82) is 0 Å². The number of likely N-dealkylation sites (N-methyl/N-ethyl adjacent to an activating group) is 1. The van der Waals surface area contributed by atoms with Gasteiger partial charge in [0.25, 0.3) is 0 Å². The van der Waals surface area contributed by atoms with Crippen molar-refractivity contribution >= 4 is 27.5 Å². The van der Waals surface area contributed by atoms with Crippen LogP contribution in [-0.4, -0.2) is 93.6 Å². The van der Waals surface area contributed by atoms with Gasteiger partial charge in [0.15, 0.2) is 0 Å². The molecule has 2 aromatic carbocycles. The largest absolute Gasteiger partial charge is 0.488 e. The maximum Gasteiger partial charge on any atom is 0.246 e. The summed E-state index contributed by atoms with van der Waals surface area (Å²) in [6.07, 6.45) is 0.537. The van der Waals surface area contributed by atoms with Gasteiger partial charge in [0.2, 0.25) is 21.8 Å². The smallest absolute Gasteiger partial charge is 0.246 e. The second-order valence-corrected chi connectivity index (χ2v) is 12.1. The van der Waals surface area contributed by atoms with E-state index in [2.05, 4.69) is 20.8 Å². The highest BCUT2D eigenvalue weighted by Gasteiger charge is 2.33. The zero-order valence-corrected chi connectivity index (χ0v) is 23.7. The number of fused-ring (bicyclic) bond motifs is 1. The molecule has 0 fully saturated rings. The molecule has 0 radical (unpaired) electrons. The van der Waals surface area contributed by atoms with Gasteiger partial charge >= 0.3 is 0 Å². The number of nitrogens with zero attached hydrogens (tertiary/aromatic N) is 6. The molecule has 0 spiro atoms. The molecule has 1 aliphatic heterocycles. The van der Waals surface area contributed by atoms with Crippen LogP contribution < -0.4 is 10.1 Å². The van der Waals surface area contributed by atoms with E-state index in [-0.39, 0.29) is 55.3 Å². The normalized spacial score (nSPS) is 18.6. The lowest BCUT2D eigenvalue weighted by Gasteiger charge is -2.33. The molecule has 13 nitrogen and oxygen atoms in total. The van der Waals surface area contributed by atoms with Gasteiger partial charge in [0.1, 0.15) is 30.5 Å². The Labute approximate surface area is 236 Å². The third kappa shape index (κ3) is 7.23. The Hall–Kier alpha value is -3.95. The third-order valence-corrected chi connectivity index (χ3v) is 8.69. The Bertz CT molecular complexity index is 1470. The summed E-state index contributed by atoms with van der Waals surface area (Å²) in [7, 11) is -2.56. The number of sulfonamides is 1. The van der Waals surface area contributed by atoms with Crippen molar-refractivity contribution in [1.82, 2.24) is 29.4 Å². The average molecular weight is 590 g/mol. The number of rotatable bonds is 9. The number of tetrazole rings is 1. The number of aliphatic hydroxyl groups is 1. The first-order valence-corrected chi connectivity index (χ1v) is 14.3. The van der Waals surface area contributed by atoms with Crippen LogP contribution in [0, 0.1) is 11.7 Å². The summed E-state index contributed by atoms with van der Waals surface area (Å²) in [5.74, 6) is -1.18. The number of carbonyl (C=O) groups is 2. The molecule has 1 aromatic heterocycles. The molecular weight excluding hydrogens is 557 g/mol. The molecule has 41 heavy (non-hydrogen) atoms. The van der Waals surface area contributed by atoms with Gasteiger partial charge in [-0.25, -0.2) is 17.5 Å². The fourth-order valence-electron chi connectivity index (χ4n) is 4.46. The Morgan fingerprint density at radius 1 is 1.27 bits per heavy atom. The first-order chi connectivity index (χ1) is 19.5. The predicted octanol–water partition coefficient (Wildman–Crippen LogP) is 0.921. The summed E-state index contributed by atoms with van der Waals surface area (Å²) in [5, 5.41) is 23.2. The van der Waals surface area contributed by atoms with E-state index < -0.39 is 28.0 Å². The minimum Gasteiger partial charge on any atom is -0.488 e. The molecule has 2 N–H and O–H groups in total. The van der Waals surface area contributed by atoms with Gasteiger partial charge in [-0.2, -0.15) is 4.31 Å². The molecule has 0 unspecified atom stereocenters. The number of hydrogen-bond donors (Lipinski definition) is 2. The highest BCUT2D eigenvalue weighted by atomic mass is 32.2. The van der Waals surface area contributed by atoms with Crippen molar-refractivity contribution < 1.29 is 32.2 Å². The molecule has 3 aromatic rings.